The van der Waals surface area contributed by atoms with Crippen molar-refractivity contribution in [3.63, 3.8) is 0 Å². The molecule has 0 aromatic carbocycles. The van der Waals surface area contributed by atoms with Crippen molar-refractivity contribution < 1.29 is 13.3 Å². The number of allylic oxidation sites excluding steroid dienone is 5. The summed E-state index contributed by atoms with van der Waals surface area (Å²) in [4.78, 5) is 2.25. The van der Waals surface area contributed by atoms with E-state index < -0.39 is 13.3 Å². The Hall–Kier alpha value is -2.66. The molecule has 0 aliphatic carbocycles. The molecule has 0 aliphatic rings. The van der Waals surface area contributed by atoms with Crippen LogP contribution in [0.4, 0.5) is 0 Å². The molecule has 0 bridgehead atoms. The van der Waals surface area contributed by atoms with E-state index in [1.54, 1.807) is 18.8 Å². The first kappa shape index (κ1) is 18.1. The van der Waals surface area contributed by atoms with Crippen LogP contribution in [0.25, 0.3) is 0 Å². The van der Waals surface area contributed by atoms with E-state index in [-0.39, 0.29) is 0 Å². The number of hydrogen-bond acceptors (Lipinski definition) is 3. The van der Waals surface area contributed by atoms with E-state index in [0.29, 0.717) is 0 Å². The van der Waals surface area contributed by atoms with E-state index in [9.17, 15) is 0 Å². The molecule has 0 fully saturated rings. The Morgan fingerprint density at radius 2 is 1.27 bits per heavy atom. The molecule has 0 spiro atoms. The van der Waals surface area contributed by atoms with Gasteiger partial charge < -0.3 is 0 Å². The fourth-order valence-electron chi connectivity index (χ4n) is 2.87. The van der Waals surface area contributed by atoms with Gasteiger partial charge in [0.1, 0.15) is 0 Å². The molecule has 3 aromatic rings. The second kappa shape index (κ2) is 7.71. The Labute approximate surface area is 156 Å². The molecular formula is C22H22GeO3. The van der Waals surface area contributed by atoms with Gasteiger partial charge in [-0.1, -0.05) is 0 Å². The predicted octanol–water partition coefficient (Wildman–Crippen LogP) is 4.11. The molecule has 0 radical (unpaired) electrons. The van der Waals surface area contributed by atoms with Crippen LogP contribution < -0.4 is 13.8 Å². The van der Waals surface area contributed by atoms with Gasteiger partial charge in [-0.15, -0.1) is 0 Å². The maximum absolute atomic E-state index is 5.90. The SMILES string of the molecule is C=C(C)/C=C/C(=[CH]\[Ge]([c]1ccco1)([c]1ccco1)[c]1ccco1)C(=C)C. The third-order valence-corrected chi connectivity index (χ3v) is 12.4. The van der Waals surface area contributed by atoms with Crippen molar-refractivity contribution in [3.8, 4) is 0 Å². The molecule has 0 saturated heterocycles. The van der Waals surface area contributed by atoms with Gasteiger partial charge in [0, 0.05) is 0 Å². The van der Waals surface area contributed by atoms with Gasteiger partial charge in [0.25, 0.3) is 0 Å². The van der Waals surface area contributed by atoms with E-state index in [4.69, 9.17) is 13.3 Å². The van der Waals surface area contributed by atoms with Crippen LogP contribution >= 0.6 is 0 Å². The van der Waals surface area contributed by atoms with Crippen molar-refractivity contribution in [2.45, 2.75) is 13.8 Å². The summed E-state index contributed by atoms with van der Waals surface area (Å²) in [5, 5.41) is 0. The van der Waals surface area contributed by atoms with Gasteiger partial charge in [0.05, 0.1) is 0 Å². The first-order chi connectivity index (χ1) is 12.5. The molecule has 0 saturated carbocycles. The van der Waals surface area contributed by atoms with Crippen LogP contribution in [-0.2, 0) is 0 Å². The molecule has 0 unspecified atom stereocenters. The summed E-state index contributed by atoms with van der Waals surface area (Å²) < 4.78 is 20.4. The summed E-state index contributed by atoms with van der Waals surface area (Å²) >= 11 is -3.44. The summed E-state index contributed by atoms with van der Waals surface area (Å²) in [5.74, 6) is 0. The van der Waals surface area contributed by atoms with Gasteiger partial charge in [-0.05, 0) is 0 Å². The van der Waals surface area contributed by atoms with Crippen molar-refractivity contribution in [2.24, 2.45) is 0 Å². The Kier molecular flexibility index (Phi) is 5.38. The second-order valence-corrected chi connectivity index (χ2v) is 13.4. The van der Waals surface area contributed by atoms with Crippen molar-refractivity contribution >= 4 is 27.0 Å². The van der Waals surface area contributed by atoms with Crippen LogP contribution in [0.1, 0.15) is 13.8 Å². The Bertz CT molecular complexity index is 840. The fourth-order valence-corrected chi connectivity index (χ4v) is 10.8. The number of furan rings is 3. The normalized spacial score (nSPS) is 12.6. The van der Waals surface area contributed by atoms with E-state index in [2.05, 4.69) is 18.1 Å². The minimum absolute atomic E-state index is 0.886. The molecule has 0 amide bonds. The van der Waals surface area contributed by atoms with Gasteiger partial charge >= 0.3 is 156 Å². The topological polar surface area (TPSA) is 39.4 Å². The van der Waals surface area contributed by atoms with Crippen LogP contribution in [0.15, 0.2) is 115 Å². The first-order valence-corrected chi connectivity index (χ1v) is 12.7. The third-order valence-electron chi connectivity index (χ3n) is 4.14. The minimum atomic E-state index is -3.44. The summed E-state index contributed by atoms with van der Waals surface area (Å²) in [5.41, 5.74) is 2.96. The molecule has 3 nitrogen and oxygen atoms in total. The van der Waals surface area contributed by atoms with Gasteiger partial charge in [0.2, 0.25) is 0 Å². The summed E-state index contributed by atoms with van der Waals surface area (Å²) in [7, 11) is 0. The summed E-state index contributed by atoms with van der Waals surface area (Å²) in [6.45, 7) is 12.1. The van der Waals surface area contributed by atoms with Crippen molar-refractivity contribution in [3.05, 3.63) is 102 Å². The molecular weight excluding hydrogens is 385 g/mol. The van der Waals surface area contributed by atoms with Crippen LogP contribution in [0.3, 0.4) is 0 Å². The Balaban J connectivity index is 2.32. The van der Waals surface area contributed by atoms with Gasteiger partial charge in [0.15, 0.2) is 0 Å². The quantitative estimate of drug-likeness (QED) is 0.437. The molecule has 3 aromatic heterocycles. The molecule has 4 heteroatoms. The van der Waals surface area contributed by atoms with Crippen LogP contribution in [0.5, 0.6) is 0 Å². The van der Waals surface area contributed by atoms with Crippen LogP contribution in [-0.4, -0.2) is 13.3 Å². The van der Waals surface area contributed by atoms with E-state index in [0.717, 1.165) is 30.5 Å². The van der Waals surface area contributed by atoms with Crippen LogP contribution in [0, 0.1) is 0 Å². The molecule has 3 rings (SSSR count). The first-order valence-electron chi connectivity index (χ1n) is 8.38. The Morgan fingerprint density at radius 3 is 1.58 bits per heavy atom. The maximum atomic E-state index is 5.90. The second-order valence-electron chi connectivity index (χ2n) is 6.30. The zero-order chi connectivity index (χ0) is 18.6. The van der Waals surface area contributed by atoms with Crippen molar-refractivity contribution in [2.75, 3.05) is 0 Å². The summed E-state index contributed by atoms with van der Waals surface area (Å²) in [6, 6.07) is 11.7. The molecule has 3 heterocycles. The van der Waals surface area contributed by atoms with Gasteiger partial charge in [-0.2, -0.15) is 0 Å². The van der Waals surface area contributed by atoms with E-state index in [1.165, 1.54) is 0 Å². The van der Waals surface area contributed by atoms with Crippen molar-refractivity contribution in [1.29, 1.82) is 0 Å². The molecule has 132 valence electrons. The Morgan fingerprint density at radius 1 is 0.808 bits per heavy atom. The average Bonchev–Trinajstić information content (AvgIpc) is 3.36. The average molecular weight is 407 g/mol. The van der Waals surface area contributed by atoms with E-state index >= 15 is 0 Å². The zero-order valence-electron chi connectivity index (χ0n) is 15.1. The summed E-state index contributed by atoms with van der Waals surface area (Å²) in [6.07, 6.45) is 9.11. The fraction of sp³-hybridized carbons (Fsp3) is 0.0909. The monoisotopic (exact) mass is 408 g/mol. The van der Waals surface area contributed by atoms with Gasteiger partial charge in [-0.25, -0.2) is 0 Å². The number of rotatable bonds is 7. The number of hydrogen-bond donors (Lipinski definition) is 0. The van der Waals surface area contributed by atoms with Crippen molar-refractivity contribution in [1.82, 2.24) is 0 Å². The zero-order valence-corrected chi connectivity index (χ0v) is 17.2. The van der Waals surface area contributed by atoms with E-state index in [1.807, 2.05) is 62.4 Å². The van der Waals surface area contributed by atoms with Gasteiger partial charge in [-0.3, -0.25) is 0 Å². The molecule has 0 N–H and O–H groups in total. The standard InChI is InChI=1S/C22H22GeO3/c1-17(2)11-12-19(18(3)4)16-23(20-8-5-13-24-20,21-9-6-14-25-21)22-10-7-15-26-22/h5-16H,1,3H2,2,4H3/b12-11+,19-16+. The predicted molar refractivity (Wildman–Crippen MR) is 108 cm³/mol. The molecule has 0 aliphatic heterocycles. The van der Waals surface area contributed by atoms with Crippen LogP contribution in [0.2, 0.25) is 0 Å². The molecule has 26 heavy (non-hydrogen) atoms. The molecule has 0 atom stereocenters. The third kappa shape index (κ3) is 3.48.